The van der Waals surface area contributed by atoms with Gasteiger partial charge in [-0.1, -0.05) is 23.7 Å². The van der Waals surface area contributed by atoms with Gasteiger partial charge in [0.05, 0.1) is 28.9 Å². The molecule has 0 bridgehead atoms. The molecule has 1 amide bonds. The van der Waals surface area contributed by atoms with Crippen LogP contribution in [0.5, 0.6) is 11.5 Å². The number of amides is 1. The van der Waals surface area contributed by atoms with Crippen molar-refractivity contribution in [1.29, 1.82) is 0 Å². The number of anilines is 1. The molecule has 9 heteroatoms. The second-order valence-corrected chi connectivity index (χ2v) is 6.05. The summed E-state index contributed by atoms with van der Waals surface area (Å²) < 4.78 is 20.5. The van der Waals surface area contributed by atoms with Gasteiger partial charge in [-0.15, -0.1) is 0 Å². The Kier molecular flexibility index (Phi) is 6.00. The van der Waals surface area contributed by atoms with Gasteiger partial charge in [0.2, 0.25) is 0 Å². The zero-order valence-electron chi connectivity index (χ0n) is 14.8. The van der Waals surface area contributed by atoms with Crippen molar-refractivity contribution in [1.82, 2.24) is 0 Å². The molecule has 8 nitrogen and oxygen atoms in total. The summed E-state index contributed by atoms with van der Waals surface area (Å²) in [5.41, 5.74) is 0.554. The van der Waals surface area contributed by atoms with Gasteiger partial charge in [-0.05, 0) is 24.3 Å². The summed E-state index contributed by atoms with van der Waals surface area (Å²) in [7, 11) is 1.24. The Labute approximate surface area is 165 Å². The van der Waals surface area contributed by atoms with Gasteiger partial charge >= 0.3 is 11.9 Å². The van der Waals surface area contributed by atoms with Crippen molar-refractivity contribution in [3.63, 3.8) is 0 Å². The van der Waals surface area contributed by atoms with Crippen LogP contribution in [0.15, 0.2) is 36.4 Å². The lowest BCUT2D eigenvalue weighted by molar-refractivity contribution is -0.119. The van der Waals surface area contributed by atoms with Gasteiger partial charge < -0.3 is 24.3 Å². The maximum atomic E-state index is 12.2. The molecule has 0 radical (unpaired) electrons. The number of ether oxygens (including phenoxy) is 4. The van der Waals surface area contributed by atoms with Gasteiger partial charge in [-0.3, -0.25) is 4.79 Å². The summed E-state index contributed by atoms with van der Waals surface area (Å²) in [5.74, 6) is -1.27. The zero-order valence-corrected chi connectivity index (χ0v) is 15.6. The highest BCUT2D eigenvalue weighted by Gasteiger charge is 2.21. The number of rotatable bonds is 5. The topological polar surface area (TPSA) is 100 Å². The first-order valence-corrected chi connectivity index (χ1v) is 8.61. The average molecular weight is 406 g/mol. The quantitative estimate of drug-likeness (QED) is 0.763. The summed E-state index contributed by atoms with van der Waals surface area (Å²) >= 11 is 6.09. The van der Waals surface area contributed by atoms with Crippen LogP contribution >= 0.6 is 11.6 Å². The second kappa shape index (κ2) is 8.62. The van der Waals surface area contributed by atoms with Crippen molar-refractivity contribution < 1.29 is 33.3 Å². The maximum Gasteiger partial charge on any atom is 0.339 e. The van der Waals surface area contributed by atoms with E-state index in [2.05, 4.69) is 10.1 Å². The van der Waals surface area contributed by atoms with E-state index in [9.17, 15) is 14.4 Å². The molecule has 1 aliphatic rings. The van der Waals surface area contributed by atoms with Crippen LogP contribution in [-0.2, 0) is 14.3 Å². The van der Waals surface area contributed by atoms with Crippen molar-refractivity contribution >= 4 is 35.1 Å². The molecular formula is C19H16ClNO7. The molecule has 2 aromatic rings. The molecule has 3 rings (SSSR count). The summed E-state index contributed by atoms with van der Waals surface area (Å²) in [5, 5.41) is 2.72. The van der Waals surface area contributed by atoms with E-state index >= 15 is 0 Å². The molecule has 0 fully saturated rings. The Bertz CT molecular complexity index is 928. The Balaban J connectivity index is 1.63. The normalized spacial score (nSPS) is 12.1. The molecule has 0 unspecified atom stereocenters. The molecule has 2 aromatic carbocycles. The number of fused-ring (bicyclic) bond motifs is 1. The van der Waals surface area contributed by atoms with Crippen molar-refractivity contribution in [2.24, 2.45) is 0 Å². The molecular weight excluding hydrogens is 390 g/mol. The first-order chi connectivity index (χ1) is 13.5. The smallest absolute Gasteiger partial charge is 0.339 e. The number of methoxy groups -OCH3 is 1. The molecule has 1 heterocycles. The van der Waals surface area contributed by atoms with Crippen molar-refractivity contribution in [2.75, 3.05) is 32.2 Å². The maximum absolute atomic E-state index is 12.2. The second-order valence-electron chi connectivity index (χ2n) is 5.64. The summed E-state index contributed by atoms with van der Waals surface area (Å²) in [4.78, 5) is 36.1. The highest BCUT2D eigenvalue weighted by molar-refractivity contribution is 6.32. The van der Waals surface area contributed by atoms with Crippen LogP contribution in [0.2, 0.25) is 5.02 Å². The number of carbonyl (C=O) groups excluding carboxylic acids is 3. The Morgan fingerprint density at radius 3 is 2.64 bits per heavy atom. The summed E-state index contributed by atoms with van der Waals surface area (Å²) in [6, 6.07) is 9.13. The number of hydrogen-bond acceptors (Lipinski definition) is 7. The predicted octanol–water partition coefficient (Wildman–Crippen LogP) is 2.69. The van der Waals surface area contributed by atoms with Crippen molar-refractivity contribution in [3.8, 4) is 11.5 Å². The molecule has 0 aliphatic carbocycles. The van der Waals surface area contributed by atoms with Gasteiger partial charge in [0, 0.05) is 0 Å². The fourth-order valence-corrected chi connectivity index (χ4v) is 2.77. The number of carbonyl (C=O) groups is 3. The predicted molar refractivity (Wildman–Crippen MR) is 99.1 cm³/mol. The third-order valence-electron chi connectivity index (χ3n) is 3.77. The Morgan fingerprint density at radius 1 is 1.11 bits per heavy atom. The fourth-order valence-electron chi connectivity index (χ4n) is 2.51. The summed E-state index contributed by atoms with van der Waals surface area (Å²) in [6.07, 6.45) is 0. The molecule has 0 atom stereocenters. The average Bonchev–Trinajstić information content (AvgIpc) is 2.71. The molecule has 146 valence electrons. The fraction of sp³-hybridized carbons (Fsp3) is 0.211. The van der Waals surface area contributed by atoms with Gasteiger partial charge in [0.1, 0.15) is 13.2 Å². The van der Waals surface area contributed by atoms with Crippen molar-refractivity contribution in [2.45, 2.75) is 0 Å². The lowest BCUT2D eigenvalue weighted by Gasteiger charge is -2.20. The minimum absolute atomic E-state index is 0.122. The van der Waals surface area contributed by atoms with E-state index in [1.165, 1.54) is 31.4 Å². The lowest BCUT2D eigenvalue weighted by Crippen LogP contribution is -2.22. The van der Waals surface area contributed by atoms with E-state index < -0.39 is 24.5 Å². The number of esters is 2. The number of para-hydroxylation sites is 1. The number of benzene rings is 2. The Hall–Kier alpha value is -3.26. The lowest BCUT2D eigenvalue weighted by atomic mass is 10.2. The van der Waals surface area contributed by atoms with Crippen LogP contribution < -0.4 is 14.8 Å². The highest BCUT2D eigenvalue weighted by atomic mass is 35.5. The SMILES string of the molecule is COC(=O)c1ccccc1NC(=O)COC(=O)c1cc(Cl)c2c(c1)OCCO2. The minimum Gasteiger partial charge on any atom is -0.486 e. The minimum atomic E-state index is -0.754. The third-order valence-corrected chi connectivity index (χ3v) is 4.05. The van der Waals surface area contributed by atoms with Crippen LogP contribution in [0, 0.1) is 0 Å². The first kappa shape index (κ1) is 19.5. The first-order valence-electron chi connectivity index (χ1n) is 8.23. The molecule has 1 aliphatic heterocycles. The van der Waals surface area contributed by atoms with Crippen LogP contribution in [0.1, 0.15) is 20.7 Å². The third kappa shape index (κ3) is 4.34. The van der Waals surface area contributed by atoms with E-state index in [0.29, 0.717) is 24.7 Å². The van der Waals surface area contributed by atoms with Gasteiger partial charge in [0.15, 0.2) is 18.1 Å². The van der Waals surface area contributed by atoms with E-state index in [1.54, 1.807) is 12.1 Å². The van der Waals surface area contributed by atoms with Crippen LogP contribution in [0.4, 0.5) is 5.69 Å². The monoisotopic (exact) mass is 405 g/mol. The van der Waals surface area contributed by atoms with E-state index in [-0.39, 0.29) is 21.8 Å². The van der Waals surface area contributed by atoms with Crippen LogP contribution in [0.3, 0.4) is 0 Å². The zero-order chi connectivity index (χ0) is 20.1. The Morgan fingerprint density at radius 2 is 1.86 bits per heavy atom. The van der Waals surface area contributed by atoms with Gasteiger partial charge in [-0.2, -0.15) is 0 Å². The van der Waals surface area contributed by atoms with Crippen molar-refractivity contribution in [3.05, 3.63) is 52.5 Å². The molecule has 0 spiro atoms. The molecule has 1 N–H and O–H groups in total. The molecule has 28 heavy (non-hydrogen) atoms. The van der Waals surface area contributed by atoms with Gasteiger partial charge in [-0.25, -0.2) is 9.59 Å². The molecule has 0 aromatic heterocycles. The molecule has 0 saturated heterocycles. The van der Waals surface area contributed by atoms with Crippen LogP contribution in [-0.4, -0.2) is 44.8 Å². The van der Waals surface area contributed by atoms with E-state index in [4.69, 9.17) is 25.8 Å². The summed E-state index contributed by atoms with van der Waals surface area (Å²) in [6.45, 7) is 0.147. The van der Waals surface area contributed by atoms with E-state index in [1.807, 2.05) is 0 Å². The standard InChI is InChI=1S/C19H16ClNO7/c1-25-19(24)12-4-2-3-5-14(12)21-16(22)10-28-18(23)11-8-13(20)17-15(9-11)26-6-7-27-17/h2-5,8-9H,6-7,10H2,1H3,(H,21,22). The van der Waals surface area contributed by atoms with Gasteiger partial charge in [0.25, 0.3) is 5.91 Å². The number of hydrogen-bond donors (Lipinski definition) is 1. The number of nitrogens with one attached hydrogen (secondary N) is 1. The van der Waals surface area contributed by atoms with Crippen LogP contribution in [0.25, 0.3) is 0 Å². The molecule has 0 saturated carbocycles. The highest BCUT2D eigenvalue weighted by Crippen LogP contribution is 2.38. The largest absolute Gasteiger partial charge is 0.486 e. The van der Waals surface area contributed by atoms with E-state index in [0.717, 1.165) is 0 Å². The number of halogens is 1.